The van der Waals surface area contributed by atoms with Gasteiger partial charge in [0, 0.05) is 32.4 Å². The van der Waals surface area contributed by atoms with Crippen LogP contribution in [0.3, 0.4) is 0 Å². The Morgan fingerprint density at radius 2 is 2.24 bits per heavy atom. The van der Waals surface area contributed by atoms with Crippen molar-refractivity contribution in [1.29, 1.82) is 0 Å². The zero-order chi connectivity index (χ0) is 12.7. The van der Waals surface area contributed by atoms with Crippen LogP contribution in [0.15, 0.2) is 24.5 Å². The summed E-state index contributed by atoms with van der Waals surface area (Å²) in [4.78, 5) is 27.6. The summed E-state index contributed by atoms with van der Waals surface area (Å²) in [5.74, 6) is -0.860. The molecule has 0 bridgehead atoms. The number of aromatic nitrogens is 1. The van der Waals surface area contributed by atoms with Crippen LogP contribution in [0.4, 0.5) is 0 Å². The maximum Gasteiger partial charge on any atom is 0.303 e. The van der Waals surface area contributed by atoms with E-state index >= 15 is 0 Å². The van der Waals surface area contributed by atoms with Crippen LogP contribution in [0.1, 0.15) is 18.4 Å². The van der Waals surface area contributed by atoms with Gasteiger partial charge in [0.25, 0.3) is 0 Å². The van der Waals surface area contributed by atoms with Crippen molar-refractivity contribution in [2.75, 3.05) is 13.6 Å². The third kappa shape index (κ3) is 5.10. The van der Waals surface area contributed by atoms with E-state index in [9.17, 15) is 9.59 Å². The molecule has 5 heteroatoms. The van der Waals surface area contributed by atoms with Crippen LogP contribution in [-0.2, 0) is 16.0 Å². The lowest BCUT2D eigenvalue weighted by atomic mass is 10.2. The SMILES string of the molecule is CN(CCCC(=O)O)C(=O)Cc1cccnc1. The van der Waals surface area contributed by atoms with Gasteiger partial charge in [-0.1, -0.05) is 6.07 Å². The molecular weight excluding hydrogens is 220 g/mol. The van der Waals surface area contributed by atoms with E-state index in [-0.39, 0.29) is 12.3 Å². The Kier molecular flexibility index (Phi) is 5.13. The van der Waals surface area contributed by atoms with E-state index in [0.29, 0.717) is 19.4 Å². The molecule has 0 spiro atoms. The summed E-state index contributed by atoms with van der Waals surface area (Å²) in [6.07, 6.45) is 4.18. The molecule has 1 heterocycles. The van der Waals surface area contributed by atoms with Crippen LogP contribution >= 0.6 is 0 Å². The van der Waals surface area contributed by atoms with E-state index < -0.39 is 5.97 Å². The van der Waals surface area contributed by atoms with Crippen molar-refractivity contribution in [3.05, 3.63) is 30.1 Å². The Hall–Kier alpha value is -1.91. The summed E-state index contributed by atoms with van der Waals surface area (Å²) in [6, 6.07) is 3.63. The second kappa shape index (κ2) is 6.62. The topological polar surface area (TPSA) is 70.5 Å². The number of hydrogen-bond acceptors (Lipinski definition) is 3. The Morgan fingerprint density at radius 1 is 1.47 bits per heavy atom. The van der Waals surface area contributed by atoms with Crippen LogP contribution in [0.25, 0.3) is 0 Å². The van der Waals surface area contributed by atoms with Gasteiger partial charge in [0.15, 0.2) is 0 Å². The third-order valence-electron chi connectivity index (χ3n) is 2.39. The van der Waals surface area contributed by atoms with Crippen LogP contribution in [-0.4, -0.2) is 40.5 Å². The monoisotopic (exact) mass is 236 g/mol. The quantitative estimate of drug-likeness (QED) is 0.798. The van der Waals surface area contributed by atoms with Gasteiger partial charge in [0.05, 0.1) is 6.42 Å². The average molecular weight is 236 g/mol. The molecule has 0 aromatic carbocycles. The molecule has 17 heavy (non-hydrogen) atoms. The molecule has 0 atom stereocenters. The summed E-state index contributed by atoms with van der Waals surface area (Å²) < 4.78 is 0. The normalized spacial score (nSPS) is 9.94. The molecule has 0 aliphatic heterocycles. The molecule has 1 N–H and O–H groups in total. The fraction of sp³-hybridized carbons (Fsp3) is 0.417. The number of nitrogens with zero attached hydrogens (tertiary/aromatic N) is 2. The smallest absolute Gasteiger partial charge is 0.303 e. The van der Waals surface area contributed by atoms with Gasteiger partial charge in [-0.15, -0.1) is 0 Å². The highest BCUT2D eigenvalue weighted by Crippen LogP contribution is 2.01. The number of carbonyl (C=O) groups is 2. The molecule has 1 aromatic heterocycles. The summed E-state index contributed by atoms with van der Waals surface area (Å²) in [7, 11) is 1.68. The van der Waals surface area contributed by atoms with Gasteiger partial charge in [-0.2, -0.15) is 0 Å². The van der Waals surface area contributed by atoms with Crippen molar-refractivity contribution in [2.24, 2.45) is 0 Å². The van der Waals surface area contributed by atoms with Crippen LogP contribution in [0.2, 0.25) is 0 Å². The van der Waals surface area contributed by atoms with Crippen molar-refractivity contribution in [1.82, 2.24) is 9.88 Å². The lowest BCUT2D eigenvalue weighted by Gasteiger charge is -2.16. The van der Waals surface area contributed by atoms with Crippen molar-refractivity contribution >= 4 is 11.9 Å². The number of rotatable bonds is 6. The molecule has 0 aliphatic rings. The van der Waals surface area contributed by atoms with Crippen molar-refractivity contribution < 1.29 is 14.7 Å². The lowest BCUT2D eigenvalue weighted by Crippen LogP contribution is -2.29. The Bertz CT molecular complexity index is 379. The number of carboxylic acid groups (broad SMARTS) is 1. The fourth-order valence-electron chi connectivity index (χ4n) is 1.40. The number of carbonyl (C=O) groups excluding carboxylic acids is 1. The van der Waals surface area contributed by atoms with E-state index in [1.807, 2.05) is 6.07 Å². The van der Waals surface area contributed by atoms with Crippen molar-refractivity contribution in [3.8, 4) is 0 Å². The maximum absolute atomic E-state index is 11.7. The van der Waals surface area contributed by atoms with E-state index in [1.54, 1.807) is 30.4 Å². The van der Waals surface area contributed by atoms with E-state index in [4.69, 9.17) is 5.11 Å². The number of carboxylic acids is 1. The predicted molar refractivity (Wildman–Crippen MR) is 62.4 cm³/mol. The molecular formula is C12H16N2O3. The standard InChI is InChI=1S/C12H16N2O3/c1-14(7-3-5-12(16)17)11(15)8-10-4-2-6-13-9-10/h2,4,6,9H,3,5,7-8H2,1H3,(H,16,17). The molecule has 92 valence electrons. The minimum atomic E-state index is -0.835. The molecule has 1 rings (SSSR count). The zero-order valence-corrected chi connectivity index (χ0v) is 9.80. The minimum Gasteiger partial charge on any atom is -0.481 e. The van der Waals surface area contributed by atoms with E-state index in [2.05, 4.69) is 4.98 Å². The molecule has 1 aromatic rings. The molecule has 0 saturated heterocycles. The van der Waals surface area contributed by atoms with Gasteiger partial charge in [0.1, 0.15) is 0 Å². The number of amides is 1. The molecule has 1 amide bonds. The first-order valence-corrected chi connectivity index (χ1v) is 5.44. The van der Waals surface area contributed by atoms with Gasteiger partial charge < -0.3 is 10.0 Å². The summed E-state index contributed by atoms with van der Waals surface area (Å²) in [6.45, 7) is 0.464. The second-order valence-corrected chi connectivity index (χ2v) is 3.85. The second-order valence-electron chi connectivity index (χ2n) is 3.85. The molecule has 0 unspecified atom stereocenters. The average Bonchev–Trinajstić information content (AvgIpc) is 2.29. The van der Waals surface area contributed by atoms with Crippen LogP contribution in [0, 0.1) is 0 Å². The number of pyridine rings is 1. The van der Waals surface area contributed by atoms with Crippen LogP contribution < -0.4 is 0 Å². The summed E-state index contributed by atoms with van der Waals surface area (Å²) in [5, 5.41) is 8.49. The van der Waals surface area contributed by atoms with Crippen LogP contribution in [0.5, 0.6) is 0 Å². The fourth-order valence-corrected chi connectivity index (χ4v) is 1.40. The highest BCUT2D eigenvalue weighted by molar-refractivity contribution is 5.78. The molecule has 0 fully saturated rings. The van der Waals surface area contributed by atoms with E-state index in [1.165, 1.54) is 0 Å². The number of hydrogen-bond donors (Lipinski definition) is 1. The highest BCUT2D eigenvalue weighted by atomic mass is 16.4. The zero-order valence-electron chi connectivity index (χ0n) is 9.80. The minimum absolute atomic E-state index is 0.0246. The Labute approximate surface area is 100 Å². The molecule has 0 saturated carbocycles. The lowest BCUT2D eigenvalue weighted by molar-refractivity contribution is -0.138. The molecule has 5 nitrogen and oxygen atoms in total. The predicted octanol–water partition coefficient (Wildman–Crippen LogP) is 0.947. The maximum atomic E-state index is 11.7. The largest absolute Gasteiger partial charge is 0.481 e. The van der Waals surface area contributed by atoms with Crippen molar-refractivity contribution in [3.63, 3.8) is 0 Å². The Balaban J connectivity index is 2.34. The highest BCUT2D eigenvalue weighted by Gasteiger charge is 2.09. The first-order chi connectivity index (χ1) is 8.09. The number of aliphatic carboxylic acids is 1. The van der Waals surface area contributed by atoms with Gasteiger partial charge in [-0.3, -0.25) is 14.6 Å². The first kappa shape index (κ1) is 13.2. The van der Waals surface area contributed by atoms with Gasteiger partial charge in [0.2, 0.25) is 5.91 Å². The van der Waals surface area contributed by atoms with Gasteiger partial charge >= 0.3 is 5.97 Å². The third-order valence-corrected chi connectivity index (χ3v) is 2.39. The van der Waals surface area contributed by atoms with Gasteiger partial charge in [-0.05, 0) is 18.1 Å². The summed E-state index contributed by atoms with van der Waals surface area (Å²) in [5.41, 5.74) is 0.864. The summed E-state index contributed by atoms with van der Waals surface area (Å²) >= 11 is 0. The molecule has 0 aliphatic carbocycles. The number of likely N-dealkylation sites (N-methyl/N-ethyl adjacent to an activating group) is 1. The first-order valence-electron chi connectivity index (χ1n) is 5.44. The van der Waals surface area contributed by atoms with E-state index in [0.717, 1.165) is 5.56 Å². The molecule has 0 radical (unpaired) electrons. The Morgan fingerprint density at radius 3 is 2.82 bits per heavy atom. The van der Waals surface area contributed by atoms with Crippen molar-refractivity contribution in [2.45, 2.75) is 19.3 Å². The van der Waals surface area contributed by atoms with Gasteiger partial charge in [-0.25, -0.2) is 0 Å².